The van der Waals surface area contributed by atoms with Crippen LogP contribution < -0.4 is 16.7 Å². The van der Waals surface area contributed by atoms with Crippen LogP contribution in [0.15, 0.2) is 40.4 Å². The number of hydrogen-bond acceptors (Lipinski definition) is 6. The Balaban J connectivity index is 1.98. The number of rotatable bonds is 4. The van der Waals surface area contributed by atoms with Crippen LogP contribution in [0.4, 0.5) is 5.69 Å². The minimum absolute atomic E-state index is 0.0870. The monoisotopic (exact) mass is 291 g/mol. The van der Waals surface area contributed by atoms with Crippen molar-refractivity contribution in [1.29, 1.82) is 0 Å². The fourth-order valence-corrected chi connectivity index (χ4v) is 2.13. The molecule has 104 valence electrons. The molecule has 3 N–H and O–H groups in total. The van der Waals surface area contributed by atoms with Gasteiger partial charge in [-0.3, -0.25) is 9.59 Å². The van der Waals surface area contributed by atoms with Crippen molar-refractivity contribution >= 4 is 23.4 Å². The smallest absolute Gasteiger partial charge is 0.291 e. The summed E-state index contributed by atoms with van der Waals surface area (Å²) in [4.78, 5) is 23.1. The fourth-order valence-electron chi connectivity index (χ4n) is 1.46. The summed E-state index contributed by atoms with van der Waals surface area (Å²) in [6, 6.07) is 7.46. The number of para-hydroxylation sites is 1. The SMILES string of the molecule is Cc1ccccc1NC(=O)CSc1nncc(=O)n1N. The number of aryl methyl sites for hydroxylation is 1. The van der Waals surface area contributed by atoms with Crippen LogP contribution >= 0.6 is 11.8 Å². The van der Waals surface area contributed by atoms with E-state index in [1.165, 1.54) is 0 Å². The fraction of sp³-hybridized carbons (Fsp3) is 0.167. The third-order valence-electron chi connectivity index (χ3n) is 2.51. The van der Waals surface area contributed by atoms with E-state index in [1.807, 2.05) is 31.2 Å². The highest BCUT2D eigenvalue weighted by Gasteiger charge is 2.09. The van der Waals surface area contributed by atoms with Crippen LogP contribution in [0.1, 0.15) is 5.56 Å². The number of benzene rings is 1. The van der Waals surface area contributed by atoms with E-state index in [0.29, 0.717) is 0 Å². The second kappa shape index (κ2) is 6.20. The van der Waals surface area contributed by atoms with E-state index in [9.17, 15) is 9.59 Å². The van der Waals surface area contributed by atoms with Gasteiger partial charge in [-0.05, 0) is 18.6 Å². The van der Waals surface area contributed by atoms with Crippen molar-refractivity contribution in [3.63, 3.8) is 0 Å². The van der Waals surface area contributed by atoms with E-state index in [4.69, 9.17) is 5.84 Å². The maximum Gasteiger partial charge on any atom is 0.291 e. The number of hydrogen-bond donors (Lipinski definition) is 2. The lowest BCUT2D eigenvalue weighted by Crippen LogP contribution is -2.30. The average Bonchev–Trinajstić information content (AvgIpc) is 2.43. The highest BCUT2D eigenvalue weighted by atomic mass is 32.2. The van der Waals surface area contributed by atoms with Gasteiger partial charge in [-0.2, -0.15) is 9.77 Å². The first-order chi connectivity index (χ1) is 9.58. The Labute approximate surface area is 119 Å². The van der Waals surface area contributed by atoms with Crippen LogP contribution in [0.2, 0.25) is 0 Å². The third-order valence-corrected chi connectivity index (χ3v) is 3.45. The Morgan fingerprint density at radius 2 is 2.20 bits per heavy atom. The van der Waals surface area contributed by atoms with E-state index < -0.39 is 5.56 Å². The van der Waals surface area contributed by atoms with Crippen molar-refractivity contribution < 1.29 is 4.79 Å². The van der Waals surface area contributed by atoms with Crippen LogP contribution in [0, 0.1) is 6.92 Å². The van der Waals surface area contributed by atoms with Crippen molar-refractivity contribution in [2.45, 2.75) is 12.1 Å². The van der Waals surface area contributed by atoms with Crippen molar-refractivity contribution in [2.24, 2.45) is 0 Å². The number of nitrogens with one attached hydrogen (secondary N) is 1. The average molecular weight is 291 g/mol. The van der Waals surface area contributed by atoms with Crippen molar-refractivity contribution in [2.75, 3.05) is 16.9 Å². The van der Waals surface area contributed by atoms with Crippen LogP contribution in [0.25, 0.3) is 0 Å². The number of amides is 1. The van der Waals surface area contributed by atoms with E-state index in [2.05, 4.69) is 15.5 Å². The van der Waals surface area contributed by atoms with Gasteiger partial charge in [0, 0.05) is 5.69 Å². The lowest BCUT2D eigenvalue weighted by molar-refractivity contribution is -0.113. The Morgan fingerprint density at radius 3 is 2.95 bits per heavy atom. The highest BCUT2D eigenvalue weighted by Crippen LogP contribution is 2.15. The van der Waals surface area contributed by atoms with Crippen molar-refractivity contribution in [3.8, 4) is 0 Å². The van der Waals surface area contributed by atoms with Gasteiger partial charge < -0.3 is 11.2 Å². The first kappa shape index (κ1) is 14.1. The molecule has 7 nitrogen and oxygen atoms in total. The molecule has 0 radical (unpaired) electrons. The van der Waals surface area contributed by atoms with Gasteiger partial charge in [0.05, 0.1) is 5.75 Å². The Kier molecular flexibility index (Phi) is 4.36. The van der Waals surface area contributed by atoms with Gasteiger partial charge in [0.2, 0.25) is 11.1 Å². The van der Waals surface area contributed by atoms with E-state index in [0.717, 1.165) is 33.9 Å². The minimum atomic E-state index is -0.471. The Hall–Kier alpha value is -2.35. The van der Waals surface area contributed by atoms with E-state index in [-0.39, 0.29) is 16.8 Å². The molecule has 0 spiro atoms. The quantitative estimate of drug-likeness (QED) is 0.624. The lowest BCUT2D eigenvalue weighted by Gasteiger charge is -2.08. The predicted molar refractivity (Wildman–Crippen MR) is 77.0 cm³/mol. The van der Waals surface area contributed by atoms with Crippen LogP contribution in [0.5, 0.6) is 0 Å². The summed E-state index contributed by atoms with van der Waals surface area (Å²) in [6.07, 6.45) is 1.01. The molecular weight excluding hydrogens is 278 g/mol. The van der Waals surface area contributed by atoms with Gasteiger partial charge in [-0.25, -0.2) is 0 Å². The molecule has 0 aliphatic rings. The van der Waals surface area contributed by atoms with Gasteiger partial charge >= 0.3 is 0 Å². The first-order valence-electron chi connectivity index (χ1n) is 5.76. The summed E-state index contributed by atoms with van der Waals surface area (Å²) in [5.74, 6) is 5.38. The van der Waals surface area contributed by atoms with Gasteiger partial charge in [0.1, 0.15) is 6.20 Å². The lowest BCUT2D eigenvalue weighted by atomic mass is 10.2. The van der Waals surface area contributed by atoms with Crippen molar-refractivity contribution in [3.05, 3.63) is 46.4 Å². The molecule has 0 aliphatic heterocycles. The molecule has 0 aliphatic carbocycles. The molecule has 0 saturated heterocycles. The van der Waals surface area contributed by atoms with E-state index in [1.54, 1.807) is 0 Å². The molecule has 1 heterocycles. The zero-order valence-electron chi connectivity index (χ0n) is 10.7. The zero-order chi connectivity index (χ0) is 14.5. The molecule has 0 unspecified atom stereocenters. The molecule has 1 amide bonds. The molecule has 0 fully saturated rings. The number of nitrogens with two attached hydrogens (primary N) is 1. The molecule has 1 aromatic carbocycles. The molecule has 20 heavy (non-hydrogen) atoms. The molecular formula is C12H13N5O2S. The normalized spacial score (nSPS) is 10.2. The molecule has 0 atom stereocenters. The number of nitrogens with zero attached hydrogens (tertiary/aromatic N) is 3. The van der Waals surface area contributed by atoms with Gasteiger partial charge in [-0.1, -0.05) is 30.0 Å². The second-order valence-corrected chi connectivity index (χ2v) is 4.93. The summed E-state index contributed by atoms with van der Waals surface area (Å²) < 4.78 is 0.860. The largest absolute Gasteiger partial charge is 0.334 e. The number of thioether (sulfide) groups is 1. The van der Waals surface area contributed by atoms with Crippen LogP contribution in [-0.2, 0) is 4.79 Å². The highest BCUT2D eigenvalue weighted by molar-refractivity contribution is 7.99. The minimum Gasteiger partial charge on any atom is -0.334 e. The molecule has 2 rings (SSSR count). The van der Waals surface area contributed by atoms with Gasteiger partial charge in [0.25, 0.3) is 5.56 Å². The molecule has 0 saturated carbocycles. The number of anilines is 1. The summed E-state index contributed by atoms with van der Waals surface area (Å²) in [6.45, 7) is 1.91. The second-order valence-electron chi connectivity index (χ2n) is 3.99. The Bertz CT molecular complexity index is 686. The maximum absolute atomic E-state index is 11.8. The topological polar surface area (TPSA) is 103 Å². The van der Waals surface area contributed by atoms with Crippen molar-refractivity contribution in [1.82, 2.24) is 14.9 Å². The summed E-state index contributed by atoms with van der Waals surface area (Å²) in [5, 5.41) is 10.2. The number of nitrogen functional groups attached to an aromatic ring is 1. The zero-order valence-corrected chi connectivity index (χ0v) is 11.6. The molecule has 2 aromatic rings. The molecule has 0 bridgehead atoms. The summed E-state index contributed by atoms with van der Waals surface area (Å²) >= 11 is 1.05. The Morgan fingerprint density at radius 1 is 1.45 bits per heavy atom. The van der Waals surface area contributed by atoms with Crippen LogP contribution in [0.3, 0.4) is 0 Å². The molecule has 8 heteroatoms. The number of aromatic nitrogens is 3. The third kappa shape index (κ3) is 3.35. The number of carbonyl (C=O) groups excluding carboxylic acids is 1. The van der Waals surface area contributed by atoms with E-state index >= 15 is 0 Å². The summed E-state index contributed by atoms with van der Waals surface area (Å²) in [7, 11) is 0. The molecule has 1 aromatic heterocycles. The van der Waals surface area contributed by atoms with Gasteiger partial charge in [-0.15, -0.1) is 5.10 Å². The van der Waals surface area contributed by atoms with Gasteiger partial charge in [0.15, 0.2) is 0 Å². The van der Waals surface area contributed by atoms with Crippen LogP contribution in [-0.4, -0.2) is 26.5 Å². The number of carbonyl (C=O) groups is 1. The summed E-state index contributed by atoms with van der Waals surface area (Å²) in [5.41, 5.74) is 1.25. The standard InChI is InChI=1S/C12H13N5O2S/c1-8-4-2-3-5-9(8)15-10(18)7-20-12-16-14-6-11(19)17(12)13/h2-6H,7,13H2,1H3,(H,15,18). The predicted octanol–water partition coefficient (Wildman–Crippen LogP) is 0.391. The first-order valence-corrected chi connectivity index (χ1v) is 6.74. The maximum atomic E-state index is 11.8.